The molecule has 1 N–H and O–H groups in total. The number of hydrogen-bond donors (Lipinski definition) is 1. The quantitative estimate of drug-likeness (QED) is 0.677. The molecule has 1 aliphatic carbocycles. The summed E-state index contributed by atoms with van der Waals surface area (Å²) >= 11 is 0. The molecule has 1 aliphatic heterocycles. The molecule has 160 valence electrons. The summed E-state index contributed by atoms with van der Waals surface area (Å²) in [6.07, 6.45) is 4.86. The fourth-order valence-corrected chi connectivity index (χ4v) is 5.15. The Kier molecular flexibility index (Phi) is 6.55. The van der Waals surface area contributed by atoms with Gasteiger partial charge in [0.2, 0.25) is 0 Å². The molecule has 30 heavy (non-hydrogen) atoms. The van der Waals surface area contributed by atoms with Gasteiger partial charge >= 0.3 is 5.97 Å². The van der Waals surface area contributed by atoms with E-state index in [-0.39, 0.29) is 5.92 Å². The summed E-state index contributed by atoms with van der Waals surface area (Å²) in [6, 6.07) is 20.2. The third-order valence-electron chi connectivity index (χ3n) is 7.07. The maximum absolute atomic E-state index is 13.2. The van der Waals surface area contributed by atoms with Crippen LogP contribution in [0.3, 0.4) is 0 Å². The summed E-state index contributed by atoms with van der Waals surface area (Å²) in [5, 5.41) is 11.5. The molecule has 1 heterocycles. The Hall–Kier alpha value is -2.17. The molecule has 1 saturated heterocycles. The minimum Gasteiger partial charge on any atom is -0.463 e. The number of nitrogens with zero attached hydrogens (tertiary/aromatic N) is 1. The van der Waals surface area contributed by atoms with Crippen molar-refractivity contribution in [1.29, 1.82) is 0 Å². The molecule has 4 heteroatoms. The van der Waals surface area contributed by atoms with Gasteiger partial charge in [0, 0.05) is 24.4 Å². The number of aliphatic hydroxyl groups is 1. The summed E-state index contributed by atoms with van der Waals surface area (Å²) in [6.45, 7) is 4.52. The van der Waals surface area contributed by atoms with Gasteiger partial charge in [-0.15, -0.1) is 0 Å². The molecule has 0 spiro atoms. The molecular weight excluding hydrogens is 374 g/mol. The average molecular weight is 408 g/mol. The smallest absolute Gasteiger partial charge is 0.343 e. The summed E-state index contributed by atoms with van der Waals surface area (Å²) in [4.78, 5) is 15.6. The first kappa shape index (κ1) is 21.1. The van der Waals surface area contributed by atoms with Gasteiger partial charge in [-0.25, -0.2) is 4.79 Å². The minimum absolute atomic E-state index is 0.0643. The molecule has 2 aromatic carbocycles. The molecule has 3 atom stereocenters. The SMILES string of the molecule is C[C@H](c1ccccc1)N1CC[C@@H](COC(=O)C(O)(c2ccccc2)C2CCCC2)C1. The third-order valence-corrected chi connectivity index (χ3v) is 7.07. The third kappa shape index (κ3) is 4.30. The lowest BCUT2D eigenvalue weighted by molar-refractivity contribution is -0.175. The highest BCUT2D eigenvalue weighted by Gasteiger charge is 2.48. The average Bonchev–Trinajstić information content (AvgIpc) is 3.50. The van der Waals surface area contributed by atoms with E-state index in [1.54, 1.807) is 0 Å². The van der Waals surface area contributed by atoms with Gasteiger partial charge in [0.15, 0.2) is 5.60 Å². The molecule has 4 nitrogen and oxygen atoms in total. The Labute approximate surface area is 179 Å². The number of likely N-dealkylation sites (tertiary alicyclic amines) is 1. The van der Waals surface area contributed by atoms with E-state index in [2.05, 4.69) is 36.1 Å². The van der Waals surface area contributed by atoms with Crippen molar-refractivity contribution >= 4 is 5.97 Å². The van der Waals surface area contributed by atoms with E-state index >= 15 is 0 Å². The lowest BCUT2D eigenvalue weighted by atomic mass is 9.80. The molecule has 0 amide bonds. The second-order valence-corrected chi connectivity index (χ2v) is 8.95. The van der Waals surface area contributed by atoms with Crippen molar-refractivity contribution in [2.24, 2.45) is 11.8 Å². The van der Waals surface area contributed by atoms with Crippen molar-refractivity contribution in [1.82, 2.24) is 4.90 Å². The van der Waals surface area contributed by atoms with Crippen molar-refractivity contribution in [2.75, 3.05) is 19.7 Å². The van der Waals surface area contributed by atoms with Crippen LogP contribution in [0.25, 0.3) is 0 Å². The summed E-state index contributed by atoms with van der Waals surface area (Å²) < 4.78 is 5.78. The second-order valence-electron chi connectivity index (χ2n) is 8.95. The molecule has 2 aromatic rings. The van der Waals surface area contributed by atoms with Gasteiger partial charge in [-0.1, -0.05) is 73.5 Å². The first-order chi connectivity index (χ1) is 14.6. The summed E-state index contributed by atoms with van der Waals surface area (Å²) in [5.41, 5.74) is 0.440. The summed E-state index contributed by atoms with van der Waals surface area (Å²) in [7, 11) is 0. The number of benzene rings is 2. The van der Waals surface area contributed by atoms with Gasteiger partial charge in [0.1, 0.15) is 0 Å². The Balaban J connectivity index is 1.38. The lowest BCUT2D eigenvalue weighted by Gasteiger charge is -2.32. The van der Waals surface area contributed by atoms with Gasteiger partial charge in [0.25, 0.3) is 0 Å². The zero-order chi connectivity index (χ0) is 21.0. The molecule has 0 aromatic heterocycles. The lowest BCUT2D eigenvalue weighted by Crippen LogP contribution is -2.44. The van der Waals surface area contributed by atoms with Gasteiger partial charge in [-0.2, -0.15) is 0 Å². The second kappa shape index (κ2) is 9.32. The Morgan fingerprint density at radius 3 is 2.37 bits per heavy atom. The number of carbonyl (C=O) groups excluding carboxylic acids is 1. The summed E-state index contributed by atoms with van der Waals surface area (Å²) in [5.74, 6) is -0.232. The van der Waals surface area contributed by atoms with Gasteiger partial charge in [-0.3, -0.25) is 4.90 Å². The predicted molar refractivity (Wildman–Crippen MR) is 118 cm³/mol. The molecule has 2 fully saturated rings. The van der Waals surface area contributed by atoms with Crippen molar-refractivity contribution in [2.45, 2.75) is 50.7 Å². The number of esters is 1. The highest BCUT2D eigenvalue weighted by Crippen LogP contribution is 2.41. The van der Waals surface area contributed by atoms with Crippen LogP contribution >= 0.6 is 0 Å². The molecule has 4 rings (SSSR count). The fourth-order valence-electron chi connectivity index (χ4n) is 5.15. The highest BCUT2D eigenvalue weighted by molar-refractivity contribution is 5.81. The Morgan fingerprint density at radius 1 is 1.07 bits per heavy atom. The van der Waals surface area contributed by atoms with Crippen molar-refractivity contribution < 1.29 is 14.6 Å². The molecule has 0 radical (unpaired) electrons. The number of rotatable bonds is 7. The van der Waals surface area contributed by atoms with Crippen LogP contribution in [-0.2, 0) is 15.1 Å². The van der Waals surface area contributed by atoms with E-state index in [1.165, 1.54) is 5.56 Å². The van der Waals surface area contributed by atoms with E-state index < -0.39 is 11.6 Å². The van der Waals surface area contributed by atoms with Crippen LogP contribution in [0.2, 0.25) is 0 Å². The van der Waals surface area contributed by atoms with E-state index in [9.17, 15) is 9.90 Å². The number of carbonyl (C=O) groups is 1. The largest absolute Gasteiger partial charge is 0.463 e. The van der Waals surface area contributed by atoms with E-state index in [4.69, 9.17) is 4.74 Å². The maximum atomic E-state index is 13.2. The Morgan fingerprint density at radius 2 is 1.70 bits per heavy atom. The van der Waals surface area contributed by atoms with E-state index in [0.717, 1.165) is 45.2 Å². The molecule has 0 bridgehead atoms. The van der Waals surface area contributed by atoms with Gasteiger partial charge in [0.05, 0.1) is 6.61 Å². The monoisotopic (exact) mass is 407 g/mol. The first-order valence-electron chi connectivity index (χ1n) is 11.3. The fraction of sp³-hybridized carbons (Fsp3) is 0.500. The standard InChI is InChI=1S/C26H33NO3/c1-20(22-10-4-2-5-11-22)27-17-16-21(18-27)19-30-25(28)26(29,24-14-8-9-15-24)23-12-6-3-7-13-23/h2-7,10-13,20-21,24,29H,8-9,14-19H2,1H3/t20-,21-,26?/m1/s1. The van der Waals surface area contributed by atoms with Crippen LogP contribution in [-0.4, -0.2) is 35.7 Å². The van der Waals surface area contributed by atoms with Crippen LogP contribution in [0.1, 0.15) is 56.2 Å². The molecule has 1 unspecified atom stereocenters. The van der Waals surface area contributed by atoms with Crippen LogP contribution < -0.4 is 0 Å². The minimum atomic E-state index is -1.53. The predicted octanol–water partition coefficient (Wildman–Crippen LogP) is 4.69. The number of hydrogen-bond acceptors (Lipinski definition) is 4. The van der Waals surface area contributed by atoms with Crippen molar-refractivity contribution in [3.8, 4) is 0 Å². The van der Waals surface area contributed by atoms with Crippen LogP contribution in [0.5, 0.6) is 0 Å². The first-order valence-corrected chi connectivity index (χ1v) is 11.3. The van der Waals surface area contributed by atoms with Crippen LogP contribution in [0.15, 0.2) is 60.7 Å². The van der Waals surface area contributed by atoms with Crippen molar-refractivity contribution in [3.05, 3.63) is 71.8 Å². The van der Waals surface area contributed by atoms with E-state index in [0.29, 0.717) is 24.1 Å². The number of ether oxygens (including phenoxy) is 1. The molecule has 1 saturated carbocycles. The molecule has 2 aliphatic rings. The normalized spacial score (nSPS) is 23.2. The maximum Gasteiger partial charge on any atom is 0.343 e. The van der Waals surface area contributed by atoms with Crippen LogP contribution in [0.4, 0.5) is 0 Å². The van der Waals surface area contributed by atoms with Crippen LogP contribution in [0, 0.1) is 11.8 Å². The van der Waals surface area contributed by atoms with Crippen molar-refractivity contribution in [3.63, 3.8) is 0 Å². The van der Waals surface area contributed by atoms with Gasteiger partial charge in [-0.05, 0) is 43.9 Å². The topological polar surface area (TPSA) is 49.8 Å². The molecular formula is C26H33NO3. The zero-order valence-corrected chi connectivity index (χ0v) is 17.9. The van der Waals surface area contributed by atoms with E-state index in [1.807, 2.05) is 36.4 Å². The Bertz CT molecular complexity index is 819. The highest BCUT2D eigenvalue weighted by atomic mass is 16.5. The zero-order valence-electron chi connectivity index (χ0n) is 17.9. The van der Waals surface area contributed by atoms with Gasteiger partial charge < -0.3 is 9.84 Å².